The maximum atomic E-state index is 13.0. The second-order valence-electron chi connectivity index (χ2n) is 11.7. The molecule has 0 fully saturated rings. The highest BCUT2D eigenvalue weighted by Gasteiger charge is 2.31. The van der Waals surface area contributed by atoms with E-state index in [1.807, 2.05) is 32.3 Å². The number of esters is 1. The Bertz CT molecular complexity index is 1610. The van der Waals surface area contributed by atoms with Crippen LogP contribution in [-0.2, 0) is 36.0 Å². The van der Waals surface area contributed by atoms with Crippen LogP contribution in [0.5, 0.6) is 5.75 Å². The first-order valence-electron chi connectivity index (χ1n) is 15.3. The lowest BCUT2D eigenvalue weighted by Crippen LogP contribution is -2.34. The van der Waals surface area contributed by atoms with Crippen LogP contribution in [0.4, 0.5) is 0 Å². The Labute approximate surface area is 248 Å². The molecular weight excluding hydrogens is 526 g/mol. The predicted octanol–water partition coefficient (Wildman–Crippen LogP) is 5.98. The van der Waals surface area contributed by atoms with E-state index >= 15 is 0 Å². The van der Waals surface area contributed by atoms with Gasteiger partial charge in [0.05, 0.1) is 30.3 Å². The summed E-state index contributed by atoms with van der Waals surface area (Å²) in [6.45, 7) is 10.4. The Morgan fingerprint density at radius 2 is 2.05 bits per heavy atom. The van der Waals surface area contributed by atoms with Gasteiger partial charge in [-0.15, -0.1) is 5.10 Å². The van der Waals surface area contributed by atoms with E-state index in [2.05, 4.69) is 60.2 Å². The van der Waals surface area contributed by atoms with Crippen LogP contribution in [0, 0.1) is 6.92 Å². The van der Waals surface area contributed by atoms with E-state index in [1.54, 1.807) is 4.68 Å². The third kappa shape index (κ3) is 5.28. The number of aromatic nitrogens is 4. The molecule has 1 aliphatic heterocycles. The molecule has 8 nitrogen and oxygen atoms in total. The van der Waals surface area contributed by atoms with Crippen molar-refractivity contribution in [2.45, 2.75) is 84.4 Å². The number of aryl methyl sites for hydroxylation is 3. The predicted molar refractivity (Wildman–Crippen MR) is 163 cm³/mol. The zero-order valence-electron chi connectivity index (χ0n) is 25.4. The largest absolute Gasteiger partial charge is 0.487 e. The number of hydrogen-bond donors (Lipinski definition) is 0. The third-order valence-electron chi connectivity index (χ3n) is 9.17. The van der Waals surface area contributed by atoms with E-state index in [4.69, 9.17) is 14.5 Å². The fourth-order valence-electron chi connectivity index (χ4n) is 6.85. The maximum Gasteiger partial charge on any atom is 0.306 e. The number of rotatable bonds is 8. The Hall–Kier alpha value is -3.78. The van der Waals surface area contributed by atoms with Gasteiger partial charge in [-0.3, -0.25) is 14.7 Å². The summed E-state index contributed by atoms with van der Waals surface area (Å²) in [7, 11) is 1.91. The first-order valence-corrected chi connectivity index (χ1v) is 15.3. The topological polar surface area (TPSA) is 82.4 Å². The number of carbonyl (C=O) groups excluding carboxylic acids is 1. The van der Waals surface area contributed by atoms with Crippen molar-refractivity contribution >= 4 is 17.0 Å². The quantitative estimate of drug-likeness (QED) is 0.242. The molecule has 0 saturated heterocycles. The Morgan fingerprint density at radius 1 is 1.19 bits per heavy atom. The van der Waals surface area contributed by atoms with Crippen molar-refractivity contribution in [3.63, 3.8) is 0 Å². The van der Waals surface area contributed by atoms with E-state index in [9.17, 15) is 4.79 Å². The van der Waals surface area contributed by atoms with Gasteiger partial charge in [-0.2, -0.15) is 0 Å². The van der Waals surface area contributed by atoms with Gasteiger partial charge in [0.15, 0.2) is 0 Å². The van der Waals surface area contributed by atoms with E-state index in [0.29, 0.717) is 6.61 Å². The lowest BCUT2D eigenvalue weighted by Gasteiger charge is -2.30. The summed E-state index contributed by atoms with van der Waals surface area (Å²) in [5.41, 5.74) is 10.4. The third-order valence-corrected chi connectivity index (χ3v) is 9.17. The molecule has 8 heteroatoms. The van der Waals surface area contributed by atoms with E-state index in [0.717, 1.165) is 77.9 Å². The number of nitrogens with zero attached hydrogens (tertiary/aromatic N) is 5. The van der Waals surface area contributed by atoms with Gasteiger partial charge in [-0.05, 0) is 98.0 Å². The SMILES string of the molecule is CCOC(=O)C[C@H](c1cc2c(c(CN3C[C@@H](CC)Oc4cccnc4[C@@H]3C)c1)CCC2)c1ccc2c(nnn2C)c1C. The van der Waals surface area contributed by atoms with Crippen molar-refractivity contribution in [1.82, 2.24) is 24.9 Å². The summed E-state index contributed by atoms with van der Waals surface area (Å²) in [4.78, 5) is 20.2. The molecular formula is C34H41N5O3. The Morgan fingerprint density at radius 3 is 2.86 bits per heavy atom. The minimum Gasteiger partial charge on any atom is -0.487 e. The lowest BCUT2D eigenvalue weighted by molar-refractivity contribution is -0.143. The van der Waals surface area contributed by atoms with Gasteiger partial charge in [0.1, 0.15) is 17.4 Å². The standard InChI is InChI=1S/C34H41N5O3/c1-6-26-20-39(22(4)34-31(42-26)12-9-15-35-34)19-25-17-24(16-23-10-8-11-28(23)25)29(18-32(40)41-7-2)27-13-14-30-33(21(27)3)36-37-38(30)5/h9,12-17,22,26,29H,6-8,10-11,18-20H2,1-5H3/t22-,26+,29+/m0/s1. The second kappa shape index (κ2) is 11.8. The average molecular weight is 568 g/mol. The molecule has 6 rings (SSSR count). The molecule has 1 aliphatic carbocycles. The van der Waals surface area contributed by atoms with Gasteiger partial charge in [0.25, 0.3) is 0 Å². The van der Waals surface area contributed by atoms with Crippen molar-refractivity contribution in [1.29, 1.82) is 0 Å². The van der Waals surface area contributed by atoms with Crippen LogP contribution in [0.2, 0.25) is 0 Å². The molecule has 0 radical (unpaired) electrons. The highest BCUT2D eigenvalue weighted by Crippen LogP contribution is 2.39. The van der Waals surface area contributed by atoms with E-state index < -0.39 is 0 Å². The normalized spacial score (nSPS) is 19.2. The molecule has 0 saturated carbocycles. The fraction of sp³-hybridized carbons (Fsp3) is 0.471. The van der Waals surface area contributed by atoms with Gasteiger partial charge in [-0.1, -0.05) is 30.3 Å². The second-order valence-corrected chi connectivity index (χ2v) is 11.7. The fourth-order valence-corrected chi connectivity index (χ4v) is 6.85. The molecule has 0 amide bonds. The first-order chi connectivity index (χ1) is 20.4. The summed E-state index contributed by atoms with van der Waals surface area (Å²) in [5, 5.41) is 8.69. The van der Waals surface area contributed by atoms with Crippen LogP contribution in [0.15, 0.2) is 42.6 Å². The number of fused-ring (bicyclic) bond motifs is 3. The van der Waals surface area contributed by atoms with Crippen LogP contribution >= 0.6 is 0 Å². The highest BCUT2D eigenvalue weighted by molar-refractivity contribution is 5.80. The van der Waals surface area contributed by atoms with Gasteiger partial charge in [-0.25, -0.2) is 4.68 Å². The van der Waals surface area contributed by atoms with Crippen LogP contribution in [0.3, 0.4) is 0 Å². The summed E-state index contributed by atoms with van der Waals surface area (Å²) in [6, 6.07) is 13.0. The van der Waals surface area contributed by atoms with Gasteiger partial charge >= 0.3 is 5.97 Å². The monoisotopic (exact) mass is 567 g/mol. The summed E-state index contributed by atoms with van der Waals surface area (Å²) < 4.78 is 13.7. The van der Waals surface area contributed by atoms with Crippen molar-refractivity contribution in [2.75, 3.05) is 13.2 Å². The van der Waals surface area contributed by atoms with Gasteiger partial charge < -0.3 is 9.47 Å². The van der Waals surface area contributed by atoms with Gasteiger partial charge in [0.2, 0.25) is 0 Å². The van der Waals surface area contributed by atoms with Crippen molar-refractivity contribution in [3.05, 3.63) is 81.7 Å². The molecule has 0 bridgehead atoms. The number of hydrogen-bond acceptors (Lipinski definition) is 7. The van der Waals surface area contributed by atoms with Crippen molar-refractivity contribution in [3.8, 4) is 5.75 Å². The van der Waals surface area contributed by atoms with Crippen LogP contribution in [0.1, 0.15) is 91.1 Å². The van der Waals surface area contributed by atoms with Crippen LogP contribution in [0.25, 0.3) is 11.0 Å². The zero-order chi connectivity index (χ0) is 29.4. The number of benzene rings is 2. The molecule has 3 heterocycles. The molecule has 2 aromatic heterocycles. The number of carbonyl (C=O) groups is 1. The first kappa shape index (κ1) is 28.3. The molecule has 0 spiro atoms. The Balaban J connectivity index is 1.42. The Kier molecular flexibility index (Phi) is 7.99. The molecule has 2 aromatic carbocycles. The van der Waals surface area contributed by atoms with Crippen LogP contribution in [-0.4, -0.2) is 50.1 Å². The highest BCUT2D eigenvalue weighted by atomic mass is 16.5. The summed E-state index contributed by atoms with van der Waals surface area (Å²) in [6.07, 6.45) is 6.47. The molecule has 3 atom stereocenters. The van der Waals surface area contributed by atoms with E-state index in [-0.39, 0.29) is 30.5 Å². The van der Waals surface area contributed by atoms with E-state index in [1.165, 1.54) is 16.7 Å². The number of ether oxygens (including phenoxy) is 2. The molecule has 0 N–H and O–H groups in total. The number of pyridine rings is 1. The summed E-state index contributed by atoms with van der Waals surface area (Å²) in [5.74, 6) is 0.563. The van der Waals surface area contributed by atoms with Crippen LogP contribution < -0.4 is 4.74 Å². The minimum atomic E-state index is -0.185. The maximum absolute atomic E-state index is 13.0. The van der Waals surface area contributed by atoms with Crippen molar-refractivity contribution in [2.24, 2.45) is 7.05 Å². The lowest BCUT2D eigenvalue weighted by atomic mass is 9.83. The smallest absolute Gasteiger partial charge is 0.306 e. The molecule has 0 unspecified atom stereocenters. The summed E-state index contributed by atoms with van der Waals surface area (Å²) >= 11 is 0. The molecule has 2 aliphatic rings. The molecule has 42 heavy (non-hydrogen) atoms. The average Bonchev–Trinajstić information content (AvgIpc) is 3.59. The minimum absolute atomic E-state index is 0.104. The van der Waals surface area contributed by atoms with Gasteiger partial charge in [0, 0.05) is 32.3 Å². The van der Waals surface area contributed by atoms with Crippen molar-refractivity contribution < 1.29 is 14.3 Å². The zero-order valence-corrected chi connectivity index (χ0v) is 25.4. The molecule has 220 valence electrons. The molecule has 4 aromatic rings.